The smallest absolute Gasteiger partial charge is 0.454 e. The predicted octanol–water partition coefficient (Wildman–Crippen LogP) is 5.31. The van der Waals surface area contributed by atoms with Crippen molar-refractivity contribution in [2.45, 2.75) is 13.3 Å². The lowest BCUT2D eigenvalue weighted by Gasteiger charge is -2.12. The minimum Gasteiger partial charge on any atom is -0.454 e. The molecule has 28 heavy (non-hydrogen) atoms. The van der Waals surface area contributed by atoms with Gasteiger partial charge in [-0.2, -0.15) is 0 Å². The number of pyridine rings is 1. The van der Waals surface area contributed by atoms with E-state index in [-0.39, 0.29) is 17.0 Å². The largest absolute Gasteiger partial charge is 0.573 e. The molecule has 1 aromatic heterocycles. The van der Waals surface area contributed by atoms with Gasteiger partial charge in [-0.1, -0.05) is 6.07 Å². The first-order valence-electron chi connectivity index (χ1n) is 8.24. The Hall–Kier alpha value is -3.55. The first-order valence-corrected chi connectivity index (χ1v) is 8.24. The van der Waals surface area contributed by atoms with Gasteiger partial charge in [0, 0.05) is 18.0 Å². The number of nitrogens with zero attached hydrogens (tertiary/aromatic N) is 1. The number of carbonyl (C=O) groups excluding carboxylic acids is 1. The lowest BCUT2D eigenvalue weighted by molar-refractivity contribution is -0.274. The highest BCUT2D eigenvalue weighted by molar-refractivity contribution is 6.08. The van der Waals surface area contributed by atoms with Crippen molar-refractivity contribution in [3.05, 3.63) is 66.0 Å². The fraction of sp³-hybridized carbons (Fsp3) is 0.100. The van der Waals surface area contributed by atoms with Gasteiger partial charge >= 0.3 is 6.36 Å². The molecule has 0 bridgehead atoms. The molecule has 1 N–H and O–H groups in total. The molecular weight excluding hydrogens is 373 g/mol. The highest BCUT2D eigenvalue weighted by Crippen LogP contribution is 2.39. The van der Waals surface area contributed by atoms with E-state index in [4.69, 9.17) is 4.74 Å². The summed E-state index contributed by atoms with van der Waals surface area (Å²) >= 11 is 0. The summed E-state index contributed by atoms with van der Waals surface area (Å²) in [5, 5.41) is 2.57. The SMILES string of the molecule is Cc1cc(-c2ccc3c(c2)C(=O)Nc2cc(OC(F)(F)F)ccc2O3)ccn1. The Morgan fingerprint density at radius 1 is 1.00 bits per heavy atom. The number of aromatic nitrogens is 1. The van der Waals surface area contributed by atoms with Crippen LogP contribution in [-0.4, -0.2) is 17.3 Å². The van der Waals surface area contributed by atoms with Crippen molar-refractivity contribution >= 4 is 11.6 Å². The zero-order chi connectivity index (χ0) is 19.9. The zero-order valence-corrected chi connectivity index (χ0v) is 14.5. The average molecular weight is 386 g/mol. The molecule has 8 heteroatoms. The predicted molar refractivity (Wildman–Crippen MR) is 95.6 cm³/mol. The van der Waals surface area contributed by atoms with Crippen molar-refractivity contribution in [3.63, 3.8) is 0 Å². The summed E-state index contributed by atoms with van der Waals surface area (Å²) < 4.78 is 46.9. The van der Waals surface area contributed by atoms with Gasteiger partial charge in [-0.3, -0.25) is 9.78 Å². The number of fused-ring (bicyclic) bond motifs is 2. The van der Waals surface area contributed by atoms with E-state index in [2.05, 4.69) is 15.0 Å². The Balaban J connectivity index is 1.70. The molecule has 0 saturated carbocycles. The summed E-state index contributed by atoms with van der Waals surface area (Å²) in [5.41, 5.74) is 2.85. The summed E-state index contributed by atoms with van der Waals surface area (Å²) in [6.45, 7) is 1.86. The van der Waals surface area contributed by atoms with Crippen LogP contribution in [0.2, 0.25) is 0 Å². The number of hydrogen-bond donors (Lipinski definition) is 1. The molecule has 1 aliphatic heterocycles. The van der Waals surface area contributed by atoms with E-state index < -0.39 is 18.0 Å². The molecule has 2 aromatic carbocycles. The van der Waals surface area contributed by atoms with Crippen molar-refractivity contribution in [2.24, 2.45) is 0 Å². The normalized spacial score (nSPS) is 12.9. The second-order valence-electron chi connectivity index (χ2n) is 6.16. The molecule has 3 aromatic rings. The fourth-order valence-corrected chi connectivity index (χ4v) is 2.90. The van der Waals surface area contributed by atoms with Gasteiger partial charge in [-0.05, 0) is 54.4 Å². The van der Waals surface area contributed by atoms with E-state index in [1.165, 1.54) is 6.07 Å². The topological polar surface area (TPSA) is 60.5 Å². The summed E-state index contributed by atoms with van der Waals surface area (Å²) in [5.74, 6) is -0.427. The number of alkyl halides is 3. The lowest BCUT2D eigenvalue weighted by Crippen LogP contribution is -2.17. The van der Waals surface area contributed by atoms with Crippen LogP contribution < -0.4 is 14.8 Å². The van der Waals surface area contributed by atoms with Gasteiger partial charge in [0.15, 0.2) is 5.75 Å². The van der Waals surface area contributed by atoms with Crippen LogP contribution in [0, 0.1) is 6.92 Å². The van der Waals surface area contributed by atoms with Gasteiger partial charge in [-0.25, -0.2) is 0 Å². The maximum Gasteiger partial charge on any atom is 0.573 e. The van der Waals surface area contributed by atoms with Crippen molar-refractivity contribution in [3.8, 4) is 28.4 Å². The van der Waals surface area contributed by atoms with Gasteiger partial charge in [0.2, 0.25) is 0 Å². The second-order valence-corrected chi connectivity index (χ2v) is 6.16. The minimum atomic E-state index is -4.83. The molecule has 0 aliphatic carbocycles. The monoisotopic (exact) mass is 386 g/mol. The molecule has 0 unspecified atom stereocenters. The standard InChI is InChI=1S/C20H13F3N2O3/c1-11-8-13(6-7-24-11)12-2-4-17-15(9-12)19(26)25-16-10-14(28-20(21,22)23)3-5-18(16)27-17/h2-10H,1H3,(H,25,26). The molecule has 0 fully saturated rings. The van der Waals surface area contributed by atoms with Crippen LogP contribution >= 0.6 is 0 Å². The lowest BCUT2D eigenvalue weighted by atomic mass is 10.0. The quantitative estimate of drug-likeness (QED) is 0.648. The van der Waals surface area contributed by atoms with Crippen LogP contribution in [0.1, 0.15) is 16.1 Å². The van der Waals surface area contributed by atoms with E-state index in [0.29, 0.717) is 5.75 Å². The fourth-order valence-electron chi connectivity index (χ4n) is 2.90. The number of ether oxygens (including phenoxy) is 2. The summed E-state index contributed by atoms with van der Waals surface area (Å²) in [7, 11) is 0. The Labute approximate surface area is 157 Å². The number of nitrogens with one attached hydrogen (secondary N) is 1. The van der Waals surface area contributed by atoms with Crippen LogP contribution in [0.4, 0.5) is 18.9 Å². The number of benzene rings is 2. The van der Waals surface area contributed by atoms with Gasteiger partial charge in [0.1, 0.15) is 11.5 Å². The molecule has 1 amide bonds. The van der Waals surface area contributed by atoms with Crippen molar-refractivity contribution in [2.75, 3.05) is 5.32 Å². The number of anilines is 1. The van der Waals surface area contributed by atoms with Gasteiger partial charge in [0.05, 0.1) is 11.3 Å². The number of carbonyl (C=O) groups is 1. The first kappa shape index (κ1) is 17.8. The molecular formula is C20H13F3N2O3. The van der Waals surface area contributed by atoms with Crippen LogP contribution in [0.3, 0.4) is 0 Å². The van der Waals surface area contributed by atoms with E-state index in [1.807, 2.05) is 19.1 Å². The van der Waals surface area contributed by atoms with Crippen LogP contribution in [-0.2, 0) is 0 Å². The third-order valence-corrected chi connectivity index (χ3v) is 4.11. The third-order valence-electron chi connectivity index (χ3n) is 4.11. The summed E-state index contributed by atoms with van der Waals surface area (Å²) in [6.07, 6.45) is -3.16. The molecule has 0 spiro atoms. The van der Waals surface area contributed by atoms with Crippen molar-refractivity contribution in [1.29, 1.82) is 0 Å². The molecule has 142 valence electrons. The molecule has 2 heterocycles. The number of aryl methyl sites for hydroxylation is 1. The zero-order valence-electron chi connectivity index (χ0n) is 14.5. The molecule has 0 radical (unpaired) electrons. The van der Waals surface area contributed by atoms with Crippen molar-refractivity contribution < 1.29 is 27.4 Å². The molecule has 1 aliphatic rings. The number of hydrogen-bond acceptors (Lipinski definition) is 4. The molecule has 0 atom stereocenters. The first-order chi connectivity index (χ1) is 13.3. The van der Waals surface area contributed by atoms with E-state index in [1.54, 1.807) is 24.4 Å². The Morgan fingerprint density at radius 3 is 2.50 bits per heavy atom. The number of rotatable bonds is 2. The minimum absolute atomic E-state index is 0.0873. The molecule has 0 saturated heterocycles. The third kappa shape index (κ3) is 3.62. The summed E-state index contributed by atoms with van der Waals surface area (Å²) in [4.78, 5) is 16.8. The average Bonchev–Trinajstić information content (AvgIpc) is 2.75. The maximum atomic E-state index is 12.6. The maximum absolute atomic E-state index is 12.6. The highest BCUT2D eigenvalue weighted by atomic mass is 19.4. The summed E-state index contributed by atoms with van der Waals surface area (Å²) in [6, 6.07) is 12.3. The van der Waals surface area contributed by atoms with Gasteiger partial charge in [-0.15, -0.1) is 13.2 Å². The Morgan fingerprint density at radius 2 is 1.75 bits per heavy atom. The Bertz CT molecular complexity index is 1080. The van der Waals surface area contributed by atoms with Gasteiger partial charge < -0.3 is 14.8 Å². The number of amides is 1. The van der Waals surface area contributed by atoms with Crippen molar-refractivity contribution in [1.82, 2.24) is 4.98 Å². The molecule has 5 nitrogen and oxygen atoms in total. The van der Waals surface area contributed by atoms with Crippen LogP contribution in [0.5, 0.6) is 17.2 Å². The van der Waals surface area contributed by atoms with E-state index in [9.17, 15) is 18.0 Å². The number of halogens is 3. The van der Waals surface area contributed by atoms with Crippen LogP contribution in [0.25, 0.3) is 11.1 Å². The van der Waals surface area contributed by atoms with Crippen LogP contribution in [0.15, 0.2) is 54.7 Å². The van der Waals surface area contributed by atoms with E-state index in [0.717, 1.165) is 29.0 Å². The van der Waals surface area contributed by atoms with E-state index >= 15 is 0 Å². The molecule has 4 rings (SSSR count). The van der Waals surface area contributed by atoms with Gasteiger partial charge in [0.25, 0.3) is 5.91 Å². The second kappa shape index (κ2) is 6.56. The Kier molecular flexibility index (Phi) is 4.18. The highest BCUT2D eigenvalue weighted by Gasteiger charge is 2.32.